The second-order valence-corrected chi connectivity index (χ2v) is 7.22. The minimum Gasteiger partial charge on any atom is -0.379 e. The maximum Gasteiger partial charge on any atom is 0.416 e. The number of nitrogens with one attached hydrogen (secondary N) is 1. The number of hydrogen-bond donors (Lipinski definition) is 1. The van der Waals surface area contributed by atoms with Crippen molar-refractivity contribution in [2.45, 2.75) is 19.1 Å². The van der Waals surface area contributed by atoms with Crippen molar-refractivity contribution >= 4 is 11.7 Å². The molecule has 1 heterocycles. The van der Waals surface area contributed by atoms with Crippen LogP contribution in [0, 0.1) is 0 Å². The number of halogens is 3. The normalized spacial score (nSPS) is 15.0. The summed E-state index contributed by atoms with van der Waals surface area (Å²) in [6, 6.07) is 13.8. The zero-order valence-corrected chi connectivity index (χ0v) is 16.7. The van der Waals surface area contributed by atoms with Crippen molar-refractivity contribution in [2.75, 3.05) is 44.7 Å². The van der Waals surface area contributed by atoms with Crippen LogP contribution in [0.2, 0.25) is 0 Å². The summed E-state index contributed by atoms with van der Waals surface area (Å²) < 4.78 is 44.2. The molecule has 0 atom stereocenters. The number of amides is 2. The van der Waals surface area contributed by atoms with E-state index in [1.165, 1.54) is 12.1 Å². The number of rotatable bonds is 7. The molecular weight excluding hydrogens is 395 g/mol. The Morgan fingerprint density at radius 1 is 1.07 bits per heavy atom. The average Bonchev–Trinajstić information content (AvgIpc) is 2.74. The lowest BCUT2D eigenvalue weighted by molar-refractivity contribution is -0.137. The summed E-state index contributed by atoms with van der Waals surface area (Å²) in [6.07, 6.45) is -3.69. The molecule has 0 aromatic heterocycles. The lowest BCUT2D eigenvalue weighted by atomic mass is 10.2. The molecule has 1 fully saturated rings. The lowest BCUT2D eigenvalue weighted by Crippen LogP contribution is -2.40. The number of morpholine rings is 1. The van der Waals surface area contributed by atoms with E-state index >= 15 is 0 Å². The van der Waals surface area contributed by atoms with Gasteiger partial charge in [-0.1, -0.05) is 36.4 Å². The maximum absolute atomic E-state index is 13.0. The van der Waals surface area contributed by atoms with E-state index in [0.29, 0.717) is 26.3 Å². The van der Waals surface area contributed by atoms with Crippen molar-refractivity contribution < 1.29 is 22.7 Å². The van der Waals surface area contributed by atoms with Gasteiger partial charge in [0, 0.05) is 38.4 Å². The highest BCUT2D eigenvalue weighted by molar-refractivity contribution is 5.89. The van der Waals surface area contributed by atoms with Crippen LogP contribution in [0.15, 0.2) is 54.6 Å². The highest BCUT2D eigenvalue weighted by Gasteiger charge is 2.30. The second kappa shape index (κ2) is 10.4. The molecule has 0 aliphatic carbocycles. The molecule has 5 nitrogen and oxygen atoms in total. The van der Waals surface area contributed by atoms with Crippen molar-refractivity contribution in [2.24, 2.45) is 0 Å². The van der Waals surface area contributed by atoms with E-state index in [-0.39, 0.29) is 5.69 Å². The number of carbonyl (C=O) groups excluding carboxylic acids is 1. The van der Waals surface area contributed by atoms with Gasteiger partial charge in [0.05, 0.1) is 18.8 Å². The van der Waals surface area contributed by atoms with Gasteiger partial charge in [0.2, 0.25) is 0 Å². The van der Waals surface area contributed by atoms with Crippen LogP contribution in [0.1, 0.15) is 17.5 Å². The Bertz CT molecular complexity index is 809. The molecule has 2 aromatic carbocycles. The second-order valence-electron chi connectivity index (χ2n) is 7.22. The van der Waals surface area contributed by atoms with E-state index in [2.05, 4.69) is 10.2 Å². The fourth-order valence-electron chi connectivity index (χ4n) is 3.34. The summed E-state index contributed by atoms with van der Waals surface area (Å²) in [5.74, 6) is 0. The third-order valence-corrected chi connectivity index (χ3v) is 4.95. The molecule has 30 heavy (non-hydrogen) atoms. The van der Waals surface area contributed by atoms with E-state index in [9.17, 15) is 18.0 Å². The van der Waals surface area contributed by atoms with Crippen molar-refractivity contribution in [1.82, 2.24) is 9.80 Å². The zero-order valence-electron chi connectivity index (χ0n) is 16.7. The Kier molecular flexibility index (Phi) is 7.70. The molecule has 1 N–H and O–H groups in total. The molecule has 2 aromatic rings. The van der Waals surface area contributed by atoms with Gasteiger partial charge in [-0.3, -0.25) is 4.90 Å². The van der Waals surface area contributed by atoms with Crippen molar-refractivity contribution in [3.05, 3.63) is 65.7 Å². The first-order valence-corrected chi connectivity index (χ1v) is 9.99. The number of hydrogen-bond acceptors (Lipinski definition) is 3. The van der Waals surface area contributed by atoms with E-state index < -0.39 is 17.8 Å². The predicted molar refractivity (Wildman–Crippen MR) is 109 cm³/mol. The molecule has 1 aliphatic heterocycles. The smallest absolute Gasteiger partial charge is 0.379 e. The highest BCUT2D eigenvalue weighted by Crippen LogP contribution is 2.30. The first-order valence-electron chi connectivity index (χ1n) is 9.99. The Labute approximate surface area is 174 Å². The Hall–Kier alpha value is -2.58. The number of anilines is 1. The van der Waals surface area contributed by atoms with Gasteiger partial charge < -0.3 is 15.0 Å². The van der Waals surface area contributed by atoms with Crippen molar-refractivity contribution in [3.63, 3.8) is 0 Å². The lowest BCUT2D eigenvalue weighted by Gasteiger charge is -2.28. The molecule has 0 saturated carbocycles. The molecule has 0 spiro atoms. The molecule has 0 bridgehead atoms. The molecule has 1 aliphatic rings. The molecular formula is C22H26F3N3O2. The van der Waals surface area contributed by atoms with E-state index in [1.807, 2.05) is 30.3 Å². The van der Waals surface area contributed by atoms with Gasteiger partial charge in [0.1, 0.15) is 0 Å². The average molecular weight is 421 g/mol. The predicted octanol–water partition coefficient (Wildman–Crippen LogP) is 4.46. The number of carbonyl (C=O) groups is 1. The molecule has 1 saturated heterocycles. The monoisotopic (exact) mass is 421 g/mol. The quantitative estimate of drug-likeness (QED) is 0.718. The number of urea groups is 1. The Morgan fingerprint density at radius 2 is 1.80 bits per heavy atom. The zero-order chi connectivity index (χ0) is 21.4. The molecule has 0 radical (unpaired) electrons. The minimum atomic E-state index is -4.46. The summed E-state index contributed by atoms with van der Waals surface area (Å²) in [5.41, 5.74) is 0.298. The minimum absolute atomic E-state index is 0.126. The van der Waals surface area contributed by atoms with Gasteiger partial charge in [-0.2, -0.15) is 13.2 Å². The van der Waals surface area contributed by atoms with Gasteiger partial charge in [-0.15, -0.1) is 0 Å². The third-order valence-electron chi connectivity index (χ3n) is 4.95. The van der Waals surface area contributed by atoms with Crippen molar-refractivity contribution in [3.8, 4) is 0 Å². The molecule has 0 unspecified atom stereocenters. The molecule has 162 valence electrons. The largest absolute Gasteiger partial charge is 0.416 e. The van der Waals surface area contributed by atoms with Crippen LogP contribution in [-0.2, 0) is 17.5 Å². The number of ether oxygens (including phenoxy) is 1. The molecule has 8 heteroatoms. The van der Waals surface area contributed by atoms with Crippen molar-refractivity contribution in [1.29, 1.82) is 0 Å². The number of nitrogens with zero attached hydrogens (tertiary/aromatic N) is 2. The summed E-state index contributed by atoms with van der Waals surface area (Å²) in [4.78, 5) is 16.8. The SMILES string of the molecule is O=C(Nc1cccc(C(F)(F)F)c1)N(CCCN1CCOCC1)Cc1ccccc1. The van der Waals surface area contributed by atoms with Crippen LogP contribution in [-0.4, -0.2) is 55.2 Å². The van der Waals surface area contributed by atoms with Gasteiger partial charge in [0.25, 0.3) is 0 Å². The Balaban J connectivity index is 1.64. The molecule has 2 amide bonds. The maximum atomic E-state index is 13.0. The Morgan fingerprint density at radius 3 is 2.50 bits per heavy atom. The van der Waals surface area contributed by atoms with E-state index in [1.54, 1.807) is 4.90 Å². The fraction of sp³-hybridized carbons (Fsp3) is 0.409. The third kappa shape index (κ3) is 6.74. The summed E-state index contributed by atoms with van der Waals surface area (Å²) in [7, 11) is 0. The number of benzene rings is 2. The van der Waals surface area contributed by atoms with Crippen LogP contribution < -0.4 is 5.32 Å². The summed E-state index contributed by atoms with van der Waals surface area (Å²) >= 11 is 0. The van der Waals surface area contributed by atoms with Crippen LogP contribution in [0.3, 0.4) is 0 Å². The van der Waals surface area contributed by atoms with Gasteiger partial charge in [0.15, 0.2) is 0 Å². The van der Waals surface area contributed by atoms with Crippen LogP contribution in [0.5, 0.6) is 0 Å². The van der Waals surface area contributed by atoms with E-state index in [4.69, 9.17) is 4.74 Å². The number of alkyl halides is 3. The molecule has 3 rings (SSSR count). The first-order chi connectivity index (χ1) is 14.4. The van der Waals surface area contributed by atoms with Crippen LogP contribution in [0.25, 0.3) is 0 Å². The summed E-state index contributed by atoms with van der Waals surface area (Å²) in [6.45, 7) is 4.88. The summed E-state index contributed by atoms with van der Waals surface area (Å²) in [5, 5.41) is 2.62. The standard InChI is InChI=1S/C22H26F3N3O2/c23-22(24,25)19-8-4-9-20(16-19)26-21(29)28(17-18-6-2-1-3-7-18)11-5-10-27-12-14-30-15-13-27/h1-4,6-9,16H,5,10-15,17H2,(H,26,29). The van der Waals surface area contributed by atoms with Crippen LogP contribution >= 0.6 is 0 Å². The fourth-order valence-corrected chi connectivity index (χ4v) is 3.34. The van der Waals surface area contributed by atoms with Gasteiger partial charge in [-0.25, -0.2) is 4.79 Å². The van der Waals surface area contributed by atoms with Gasteiger partial charge in [-0.05, 0) is 30.2 Å². The highest BCUT2D eigenvalue weighted by atomic mass is 19.4. The van der Waals surface area contributed by atoms with E-state index in [0.717, 1.165) is 43.8 Å². The topological polar surface area (TPSA) is 44.8 Å². The van der Waals surface area contributed by atoms with Gasteiger partial charge >= 0.3 is 12.2 Å². The van der Waals surface area contributed by atoms with Crippen LogP contribution in [0.4, 0.5) is 23.7 Å². The first kappa shape index (κ1) is 22.1.